The van der Waals surface area contributed by atoms with Gasteiger partial charge in [-0.05, 0) is 18.6 Å². The number of aromatic carboxylic acids is 1. The number of nitrogens with two attached hydrogens (primary N) is 1. The summed E-state index contributed by atoms with van der Waals surface area (Å²) in [6.45, 7) is 2.07. The molecule has 0 atom stereocenters. The van der Waals surface area contributed by atoms with Crippen molar-refractivity contribution in [3.8, 4) is 0 Å². The van der Waals surface area contributed by atoms with Crippen LogP contribution in [0.2, 0.25) is 0 Å². The molecule has 2 aromatic heterocycles. The van der Waals surface area contributed by atoms with Crippen LogP contribution < -0.4 is 5.73 Å². The van der Waals surface area contributed by atoms with E-state index in [-0.39, 0.29) is 12.2 Å². The minimum atomic E-state index is -1.03. The van der Waals surface area contributed by atoms with Crippen molar-refractivity contribution in [1.82, 2.24) is 9.38 Å². The smallest absolute Gasteiger partial charge is 0.356 e. The summed E-state index contributed by atoms with van der Waals surface area (Å²) >= 11 is 0. The summed E-state index contributed by atoms with van der Waals surface area (Å²) in [5, 5.41) is 9.00. The van der Waals surface area contributed by atoms with Crippen molar-refractivity contribution in [3.05, 3.63) is 35.4 Å². The van der Waals surface area contributed by atoms with Crippen molar-refractivity contribution < 1.29 is 9.90 Å². The molecule has 0 saturated carbocycles. The highest BCUT2D eigenvalue weighted by molar-refractivity contribution is 5.94. The van der Waals surface area contributed by atoms with Crippen molar-refractivity contribution >= 4 is 11.5 Å². The van der Waals surface area contributed by atoms with E-state index < -0.39 is 5.97 Å². The second-order valence-electron chi connectivity index (χ2n) is 3.30. The van der Waals surface area contributed by atoms with Gasteiger partial charge in [0, 0.05) is 6.20 Å². The average Bonchev–Trinajstić information content (AvgIpc) is 2.58. The second kappa shape index (κ2) is 3.36. The Kier molecular flexibility index (Phi) is 2.17. The minimum absolute atomic E-state index is 0.0635. The number of pyridine rings is 1. The number of fused-ring (bicyclic) bond motifs is 1. The van der Waals surface area contributed by atoms with Crippen LogP contribution >= 0.6 is 0 Å². The van der Waals surface area contributed by atoms with Gasteiger partial charge in [0.1, 0.15) is 5.82 Å². The third-order valence-corrected chi connectivity index (χ3v) is 2.32. The molecule has 0 bridgehead atoms. The molecule has 0 aliphatic carbocycles. The topological polar surface area (TPSA) is 80.6 Å². The van der Waals surface area contributed by atoms with Gasteiger partial charge in [-0.3, -0.25) is 0 Å². The molecule has 0 radical (unpaired) electrons. The standard InChI is InChI=1S/C10H11N3O2/c1-6-3-2-4-13-7(5-11)12-8(9(6)13)10(14)15/h2-4H,5,11H2,1H3,(H,14,15). The number of nitrogens with zero attached hydrogens (tertiary/aromatic N) is 2. The van der Waals surface area contributed by atoms with Crippen molar-refractivity contribution in [1.29, 1.82) is 0 Å². The van der Waals surface area contributed by atoms with Gasteiger partial charge >= 0.3 is 5.97 Å². The zero-order valence-electron chi connectivity index (χ0n) is 8.27. The lowest BCUT2D eigenvalue weighted by atomic mass is 10.2. The molecule has 0 fully saturated rings. The van der Waals surface area contributed by atoms with Crippen molar-refractivity contribution in [3.63, 3.8) is 0 Å². The van der Waals surface area contributed by atoms with E-state index >= 15 is 0 Å². The van der Waals surface area contributed by atoms with Crippen molar-refractivity contribution in [2.24, 2.45) is 5.73 Å². The molecule has 0 unspecified atom stereocenters. The van der Waals surface area contributed by atoms with Crippen LogP contribution in [0, 0.1) is 6.92 Å². The molecule has 0 spiro atoms. The predicted octanol–water partition coefficient (Wildman–Crippen LogP) is 0.800. The second-order valence-corrected chi connectivity index (χ2v) is 3.30. The van der Waals surface area contributed by atoms with Crippen LogP contribution in [0.4, 0.5) is 0 Å². The van der Waals surface area contributed by atoms with Gasteiger partial charge in [0.2, 0.25) is 0 Å². The number of imidazole rings is 1. The van der Waals surface area contributed by atoms with Crippen LogP contribution in [0.15, 0.2) is 18.3 Å². The highest BCUT2D eigenvalue weighted by Crippen LogP contribution is 2.17. The Hall–Kier alpha value is -1.88. The quantitative estimate of drug-likeness (QED) is 0.759. The maximum Gasteiger partial charge on any atom is 0.356 e. The van der Waals surface area contributed by atoms with E-state index in [9.17, 15) is 4.79 Å². The molecular weight excluding hydrogens is 194 g/mol. The fourth-order valence-corrected chi connectivity index (χ4v) is 1.66. The first-order valence-corrected chi connectivity index (χ1v) is 4.55. The molecule has 0 aliphatic rings. The van der Waals surface area contributed by atoms with E-state index in [1.807, 2.05) is 19.1 Å². The maximum atomic E-state index is 11.0. The van der Waals surface area contributed by atoms with Gasteiger partial charge in [-0.1, -0.05) is 6.07 Å². The normalized spacial score (nSPS) is 10.8. The number of rotatable bonds is 2. The Morgan fingerprint density at radius 1 is 1.67 bits per heavy atom. The molecular formula is C10H11N3O2. The monoisotopic (exact) mass is 205 g/mol. The van der Waals surface area contributed by atoms with Gasteiger partial charge < -0.3 is 15.2 Å². The fraction of sp³-hybridized carbons (Fsp3) is 0.200. The van der Waals surface area contributed by atoms with Crippen LogP contribution in [0.1, 0.15) is 21.9 Å². The highest BCUT2D eigenvalue weighted by Gasteiger charge is 2.16. The minimum Gasteiger partial charge on any atom is -0.476 e. The van der Waals surface area contributed by atoms with Crippen LogP contribution in [-0.4, -0.2) is 20.5 Å². The SMILES string of the molecule is Cc1cccn2c(CN)nc(C(=O)O)c12. The molecule has 3 N–H and O–H groups in total. The van der Waals surface area contributed by atoms with E-state index in [0.717, 1.165) is 5.56 Å². The summed E-state index contributed by atoms with van der Waals surface area (Å²) in [6, 6.07) is 3.69. The molecule has 2 rings (SSSR count). The summed E-state index contributed by atoms with van der Waals surface area (Å²) in [5.41, 5.74) is 7.06. The van der Waals surface area contributed by atoms with E-state index in [0.29, 0.717) is 11.3 Å². The first-order chi connectivity index (χ1) is 7.15. The van der Waals surface area contributed by atoms with Crippen LogP contribution in [-0.2, 0) is 6.54 Å². The predicted molar refractivity (Wildman–Crippen MR) is 54.8 cm³/mol. The first-order valence-electron chi connectivity index (χ1n) is 4.55. The van der Waals surface area contributed by atoms with E-state index in [4.69, 9.17) is 10.8 Å². The van der Waals surface area contributed by atoms with Gasteiger partial charge in [0.05, 0.1) is 12.1 Å². The molecule has 0 saturated heterocycles. The number of carbonyl (C=O) groups is 1. The molecule has 0 aromatic carbocycles. The van der Waals surface area contributed by atoms with Crippen LogP contribution in [0.25, 0.3) is 5.52 Å². The van der Waals surface area contributed by atoms with Crippen molar-refractivity contribution in [2.45, 2.75) is 13.5 Å². The third kappa shape index (κ3) is 1.37. The summed E-state index contributed by atoms with van der Waals surface area (Å²) < 4.78 is 1.72. The van der Waals surface area contributed by atoms with Gasteiger partial charge in [-0.25, -0.2) is 9.78 Å². The molecule has 5 heteroatoms. The Morgan fingerprint density at radius 2 is 2.40 bits per heavy atom. The number of hydrogen-bond acceptors (Lipinski definition) is 3. The number of carboxylic acids is 1. The molecule has 2 aromatic rings. The molecule has 2 heterocycles. The Balaban J connectivity index is 2.88. The molecule has 0 amide bonds. The van der Waals surface area contributed by atoms with Crippen molar-refractivity contribution in [2.75, 3.05) is 0 Å². The van der Waals surface area contributed by atoms with Gasteiger partial charge in [-0.15, -0.1) is 0 Å². The third-order valence-electron chi connectivity index (χ3n) is 2.32. The Bertz CT molecular complexity index is 531. The van der Waals surface area contributed by atoms with E-state index in [1.165, 1.54) is 0 Å². The summed E-state index contributed by atoms with van der Waals surface area (Å²) in [7, 11) is 0. The first kappa shape index (κ1) is 9.67. The number of carboxylic acid groups (broad SMARTS) is 1. The zero-order chi connectivity index (χ0) is 11.0. The number of hydrogen-bond donors (Lipinski definition) is 2. The lowest BCUT2D eigenvalue weighted by molar-refractivity contribution is 0.0693. The van der Waals surface area contributed by atoms with Gasteiger partial charge in [0.15, 0.2) is 5.69 Å². The zero-order valence-corrected chi connectivity index (χ0v) is 8.27. The lowest BCUT2D eigenvalue weighted by Gasteiger charge is -2.00. The summed E-state index contributed by atoms with van der Waals surface area (Å²) in [5.74, 6) is -0.465. The molecule has 78 valence electrons. The Labute approximate surface area is 86.2 Å². The van der Waals surface area contributed by atoms with E-state index in [1.54, 1.807) is 10.6 Å². The van der Waals surface area contributed by atoms with Crippen LogP contribution in [0.3, 0.4) is 0 Å². The largest absolute Gasteiger partial charge is 0.476 e. The van der Waals surface area contributed by atoms with Crippen LogP contribution in [0.5, 0.6) is 0 Å². The van der Waals surface area contributed by atoms with E-state index in [2.05, 4.69) is 4.98 Å². The molecule has 15 heavy (non-hydrogen) atoms. The molecule has 0 aliphatic heterocycles. The number of aryl methyl sites for hydroxylation is 1. The molecule has 5 nitrogen and oxygen atoms in total. The lowest BCUT2D eigenvalue weighted by Crippen LogP contribution is -2.02. The Morgan fingerprint density at radius 3 is 3.00 bits per heavy atom. The summed E-state index contributed by atoms with van der Waals surface area (Å²) in [4.78, 5) is 15.0. The average molecular weight is 205 g/mol. The highest BCUT2D eigenvalue weighted by atomic mass is 16.4. The van der Waals surface area contributed by atoms with Gasteiger partial charge in [-0.2, -0.15) is 0 Å². The van der Waals surface area contributed by atoms with Gasteiger partial charge in [0.25, 0.3) is 0 Å². The number of aromatic nitrogens is 2. The summed E-state index contributed by atoms with van der Waals surface area (Å²) in [6.07, 6.45) is 1.77. The maximum absolute atomic E-state index is 11.0. The fourth-order valence-electron chi connectivity index (χ4n) is 1.66.